The fraction of sp³-hybridized carbons (Fsp3) is 0.640. The number of halogens is 1. The Kier molecular flexibility index (Phi) is 6.02. The van der Waals surface area contributed by atoms with Crippen molar-refractivity contribution in [3.63, 3.8) is 0 Å². The summed E-state index contributed by atoms with van der Waals surface area (Å²) >= 11 is 6.47. The Morgan fingerprint density at radius 1 is 1.16 bits per heavy atom. The molecule has 2 heterocycles. The zero-order chi connectivity index (χ0) is 21.4. The van der Waals surface area contributed by atoms with E-state index in [1.807, 2.05) is 12.1 Å². The Morgan fingerprint density at radius 3 is 2.61 bits per heavy atom. The van der Waals surface area contributed by atoms with Crippen LogP contribution in [-0.4, -0.2) is 30.3 Å². The van der Waals surface area contributed by atoms with Gasteiger partial charge in [0.1, 0.15) is 5.75 Å². The minimum Gasteiger partial charge on any atom is -0.489 e. The largest absolute Gasteiger partial charge is 0.489 e. The van der Waals surface area contributed by atoms with Gasteiger partial charge in [0.25, 0.3) is 5.56 Å². The van der Waals surface area contributed by atoms with Crippen LogP contribution in [0, 0.1) is 17.3 Å². The topological polar surface area (TPSA) is 77.3 Å². The molecule has 2 aliphatic carbocycles. The van der Waals surface area contributed by atoms with E-state index in [9.17, 15) is 4.79 Å². The van der Waals surface area contributed by atoms with E-state index in [1.54, 1.807) is 12.3 Å². The fourth-order valence-corrected chi connectivity index (χ4v) is 6.11. The molecule has 0 spiro atoms. The van der Waals surface area contributed by atoms with Crippen LogP contribution in [-0.2, 0) is 4.74 Å². The van der Waals surface area contributed by atoms with Gasteiger partial charge in [0.05, 0.1) is 11.1 Å². The van der Waals surface area contributed by atoms with Crippen molar-refractivity contribution in [2.75, 3.05) is 13.2 Å². The molecule has 3 fully saturated rings. The van der Waals surface area contributed by atoms with Crippen molar-refractivity contribution < 1.29 is 9.47 Å². The molecular formula is C25H33ClN2O3. The summed E-state index contributed by atoms with van der Waals surface area (Å²) in [7, 11) is 0. The van der Waals surface area contributed by atoms with Crippen LogP contribution in [0.4, 0.5) is 0 Å². The van der Waals surface area contributed by atoms with Gasteiger partial charge in [-0.15, -0.1) is 0 Å². The number of benzene rings is 1. The van der Waals surface area contributed by atoms with E-state index in [0.29, 0.717) is 28.1 Å². The minimum atomic E-state index is -0.129. The van der Waals surface area contributed by atoms with Crippen LogP contribution >= 0.6 is 11.6 Å². The maximum atomic E-state index is 12.0. The zero-order valence-corrected chi connectivity index (χ0v) is 18.8. The average Bonchev–Trinajstić information content (AvgIpc) is 3.62. The monoisotopic (exact) mass is 444 g/mol. The summed E-state index contributed by atoms with van der Waals surface area (Å²) in [5.41, 5.74) is 6.99. The van der Waals surface area contributed by atoms with E-state index in [-0.39, 0.29) is 17.1 Å². The standard InChI is InChI=1S/C25H33ClN2O3/c26-21-14-20-18(5-10-28-24(20)29)13-22(21)31-19-3-8-25(9-4-19,23(27)17-1-2-17)15-16-6-11-30-12-7-16/h5,10,13-14,16-17,19,23H,1-4,6-9,11-12,15,27H2,(H,28,29). The average molecular weight is 445 g/mol. The fourth-order valence-electron chi connectivity index (χ4n) is 5.90. The van der Waals surface area contributed by atoms with Gasteiger partial charge in [-0.05, 0) is 98.6 Å². The SMILES string of the molecule is NC(C1CC1)C1(CC2CCOCC2)CCC(Oc2cc3cc[nH]c(=O)c3cc2Cl)CC1. The van der Waals surface area contributed by atoms with Gasteiger partial charge in [-0.25, -0.2) is 0 Å². The highest BCUT2D eigenvalue weighted by molar-refractivity contribution is 6.32. The maximum absolute atomic E-state index is 12.0. The summed E-state index contributed by atoms with van der Waals surface area (Å²) in [5.74, 6) is 2.13. The Bertz CT molecular complexity index is 972. The van der Waals surface area contributed by atoms with Gasteiger partial charge in [0.2, 0.25) is 0 Å². The molecule has 1 saturated heterocycles. The molecule has 1 aliphatic heterocycles. The minimum absolute atomic E-state index is 0.129. The van der Waals surface area contributed by atoms with Gasteiger partial charge in [-0.2, -0.15) is 0 Å². The predicted molar refractivity (Wildman–Crippen MR) is 124 cm³/mol. The molecule has 31 heavy (non-hydrogen) atoms. The first kappa shape index (κ1) is 21.3. The molecule has 1 aromatic carbocycles. The first-order valence-electron chi connectivity index (χ1n) is 11.8. The number of ether oxygens (including phenoxy) is 2. The van der Waals surface area contributed by atoms with Crippen LogP contribution < -0.4 is 16.0 Å². The lowest BCUT2D eigenvalue weighted by molar-refractivity contribution is 0.00598. The summed E-state index contributed by atoms with van der Waals surface area (Å²) in [4.78, 5) is 14.7. The molecule has 1 aromatic heterocycles. The van der Waals surface area contributed by atoms with Crippen LogP contribution in [0.25, 0.3) is 10.8 Å². The second kappa shape index (κ2) is 8.76. The van der Waals surface area contributed by atoms with Crippen LogP contribution in [0.2, 0.25) is 5.02 Å². The Morgan fingerprint density at radius 2 is 1.90 bits per heavy atom. The number of nitrogens with two attached hydrogens (primary N) is 1. The molecule has 5 rings (SSSR count). The van der Waals surface area contributed by atoms with E-state index in [0.717, 1.165) is 50.2 Å². The highest BCUT2D eigenvalue weighted by atomic mass is 35.5. The molecule has 6 heteroatoms. The third-order valence-corrected chi connectivity index (χ3v) is 8.22. The highest BCUT2D eigenvalue weighted by Gasteiger charge is 2.47. The quantitative estimate of drug-likeness (QED) is 0.654. The number of hydrogen-bond donors (Lipinski definition) is 2. The smallest absolute Gasteiger partial charge is 0.255 e. The number of nitrogens with one attached hydrogen (secondary N) is 1. The second-order valence-electron chi connectivity index (χ2n) is 9.98. The van der Waals surface area contributed by atoms with E-state index in [4.69, 9.17) is 26.8 Å². The lowest BCUT2D eigenvalue weighted by Crippen LogP contribution is -2.48. The third-order valence-electron chi connectivity index (χ3n) is 7.92. The first-order chi connectivity index (χ1) is 15.0. The molecule has 5 nitrogen and oxygen atoms in total. The maximum Gasteiger partial charge on any atom is 0.255 e. The second-order valence-corrected chi connectivity index (χ2v) is 10.4. The summed E-state index contributed by atoms with van der Waals surface area (Å²) in [6.45, 7) is 1.79. The molecule has 3 aliphatic rings. The van der Waals surface area contributed by atoms with E-state index >= 15 is 0 Å². The summed E-state index contributed by atoms with van der Waals surface area (Å²) in [6, 6.07) is 5.81. The van der Waals surface area contributed by atoms with Gasteiger partial charge in [-0.1, -0.05) is 11.6 Å². The summed E-state index contributed by atoms with van der Waals surface area (Å²) in [6.07, 6.45) is 12.2. The molecule has 168 valence electrons. The van der Waals surface area contributed by atoms with Gasteiger partial charge < -0.3 is 20.2 Å². The molecule has 3 N–H and O–H groups in total. The number of hydrogen-bond acceptors (Lipinski definition) is 4. The number of rotatable bonds is 6. The van der Waals surface area contributed by atoms with E-state index in [1.165, 1.54) is 32.1 Å². The summed E-state index contributed by atoms with van der Waals surface area (Å²) in [5, 5.41) is 1.94. The normalized spacial score (nSPS) is 28.5. The molecule has 2 aromatic rings. The first-order valence-corrected chi connectivity index (χ1v) is 12.2. The summed E-state index contributed by atoms with van der Waals surface area (Å²) < 4.78 is 12.0. The number of fused-ring (bicyclic) bond motifs is 1. The van der Waals surface area contributed by atoms with Gasteiger partial charge >= 0.3 is 0 Å². The van der Waals surface area contributed by atoms with Crippen LogP contribution in [0.1, 0.15) is 57.8 Å². The molecule has 2 saturated carbocycles. The molecule has 1 unspecified atom stereocenters. The Labute approximate surface area is 188 Å². The third kappa shape index (κ3) is 4.50. The molecule has 0 bridgehead atoms. The molecule has 0 radical (unpaired) electrons. The van der Waals surface area contributed by atoms with Crippen molar-refractivity contribution in [1.82, 2.24) is 4.98 Å². The number of aromatic amines is 1. The Balaban J connectivity index is 1.29. The number of aromatic nitrogens is 1. The highest BCUT2D eigenvalue weighted by Crippen LogP contribution is 2.51. The zero-order valence-electron chi connectivity index (χ0n) is 18.1. The van der Waals surface area contributed by atoms with Crippen LogP contribution in [0.15, 0.2) is 29.2 Å². The van der Waals surface area contributed by atoms with Crippen LogP contribution in [0.5, 0.6) is 5.75 Å². The van der Waals surface area contributed by atoms with Gasteiger partial charge in [0.15, 0.2) is 0 Å². The van der Waals surface area contributed by atoms with Crippen LogP contribution in [0.3, 0.4) is 0 Å². The lowest BCUT2D eigenvalue weighted by Gasteiger charge is -2.47. The van der Waals surface area contributed by atoms with Crippen molar-refractivity contribution in [2.24, 2.45) is 23.0 Å². The van der Waals surface area contributed by atoms with E-state index in [2.05, 4.69) is 4.98 Å². The van der Waals surface area contributed by atoms with E-state index < -0.39 is 0 Å². The predicted octanol–water partition coefficient (Wildman–Crippen LogP) is 5.04. The van der Waals surface area contributed by atoms with Crippen molar-refractivity contribution >= 4 is 22.4 Å². The number of H-pyrrole nitrogens is 1. The number of pyridine rings is 1. The Hall–Kier alpha value is -1.56. The molecule has 0 amide bonds. The van der Waals surface area contributed by atoms with Crippen molar-refractivity contribution in [1.29, 1.82) is 0 Å². The van der Waals surface area contributed by atoms with Gasteiger partial charge in [0, 0.05) is 30.8 Å². The lowest BCUT2D eigenvalue weighted by atomic mass is 9.62. The van der Waals surface area contributed by atoms with Crippen molar-refractivity contribution in [2.45, 2.75) is 69.9 Å². The molecule has 1 atom stereocenters. The molecular weight excluding hydrogens is 412 g/mol. The van der Waals surface area contributed by atoms with Gasteiger partial charge in [-0.3, -0.25) is 4.79 Å². The van der Waals surface area contributed by atoms with Crippen molar-refractivity contribution in [3.8, 4) is 5.75 Å². The van der Waals surface area contributed by atoms with Crippen molar-refractivity contribution in [3.05, 3.63) is 39.8 Å².